The highest BCUT2D eigenvalue weighted by Gasteiger charge is 2.37. The predicted molar refractivity (Wildman–Crippen MR) is 107 cm³/mol. The number of rotatable bonds is 4. The maximum absolute atomic E-state index is 10.1. The Hall–Kier alpha value is -1.96. The van der Waals surface area contributed by atoms with E-state index in [-0.39, 0.29) is 13.0 Å². The van der Waals surface area contributed by atoms with Crippen molar-refractivity contribution in [1.29, 1.82) is 0 Å². The van der Waals surface area contributed by atoms with Crippen molar-refractivity contribution in [3.63, 3.8) is 0 Å². The first kappa shape index (κ1) is 18.4. The smallest absolute Gasteiger partial charge is 0.110 e. The summed E-state index contributed by atoms with van der Waals surface area (Å²) >= 11 is 1.77. The first-order chi connectivity index (χ1) is 13.0. The third kappa shape index (κ3) is 3.72. The van der Waals surface area contributed by atoms with Gasteiger partial charge in [0, 0.05) is 33.7 Å². The first-order valence-electron chi connectivity index (χ1n) is 9.03. The summed E-state index contributed by atoms with van der Waals surface area (Å²) in [5, 5.41) is 30.7. The van der Waals surface area contributed by atoms with Crippen LogP contribution >= 0.6 is 11.3 Å². The molecule has 0 bridgehead atoms. The molecule has 4 rings (SSSR count). The van der Waals surface area contributed by atoms with Crippen LogP contribution in [0.5, 0.6) is 0 Å². The molecule has 1 fully saturated rings. The maximum atomic E-state index is 10.1. The molecule has 0 saturated carbocycles. The molecule has 3 aromatic rings. The van der Waals surface area contributed by atoms with E-state index in [2.05, 4.69) is 18.2 Å². The topological polar surface area (TPSA) is 95.9 Å². The van der Waals surface area contributed by atoms with E-state index < -0.39 is 24.4 Å². The van der Waals surface area contributed by atoms with Crippen LogP contribution in [0.25, 0.3) is 10.1 Å². The van der Waals surface area contributed by atoms with Crippen LogP contribution in [0.1, 0.15) is 28.5 Å². The average molecular weight is 385 g/mol. The number of ether oxygens (including phenoxy) is 1. The van der Waals surface area contributed by atoms with Crippen LogP contribution in [0.3, 0.4) is 0 Å². The molecule has 0 spiro atoms. The molecule has 0 aliphatic carbocycles. The highest BCUT2D eigenvalue weighted by atomic mass is 32.1. The fraction of sp³-hybridized carbons (Fsp3) is 0.333. The Morgan fingerprint density at radius 1 is 1.11 bits per heavy atom. The minimum atomic E-state index is -1.09. The highest BCUT2D eigenvalue weighted by molar-refractivity contribution is 7.19. The average Bonchev–Trinajstić information content (AvgIpc) is 3.07. The zero-order valence-corrected chi connectivity index (χ0v) is 15.6. The van der Waals surface area contributed by atoms with Crippen molar-refractivity contribution in [2.45, 2.75) is 37.3 Å². The fourth-order valence-corrected chi connectivity index (χ4v) is 4.74. The van der Waals surface area contributed by atoms with E-state index in [0.29, 0.717) is 5.69 Å². The van der Waals surface area contributed by atoms with Gasteiger partial charge in [0.25, 0.3) is 0 Å². The van der Waals surface area contributed by atoms with Crippen molar-refractivity contribution in [1.82, 2.24) is 0 Å². The molecule has 6 heteroatoms. The van der Waals surface area contributed by atoms with Gasteiger partial charge in [-0.25, -0.2) is 0 Å². The quantitative estimate of drug-likeness (QED) is 0.518. The number of aliphatic hydroxyl groups is 3. The molecule has 1 aliphatic heterocycles. The largest absolute Gasteiger partial charge is 0.398 e. The summed E-state index contributed by atoms with van der Waals surface area (Å²) in [4.78, 5) is 1.26. The Morgan fingerprint density at radius 2 is 1.93 bits per heavy atom. The molecule has 2 aromatic carbocycles. The van der Waals surface area contributed by atoms with Gasteiger partial charge in [-0.3, -0.25) is 0 Å². The molecular formula is C21H23NO4S. The van der Waals surface area contributed by atoms with Gasteiger partial charge in [0.15, 0.2) is 0 Å². The van der Waals surface area contributed by atoms with Crippen LogP contribution in [0.2, 0.25) is 0 Å². The zero-order valence-electron chi connectivity index (χ0n) is 14.8. The van der Waals surface area contributed by atoms with Crippen molar-refractivity contribution < 1.29 is 20.1 Å². The van der Waals surface area contributed by atoms with Crippen LogP contribution in [-0.2, 0) is 11.2 Å². The lowest BCUT2D eigenvalue weighted by molar-refractivity contribution is -0.181. The normalized spacial score (nSPS) is 25.7. The second kappa shape index (κ2) is 7.58. The molecule has 4 atom stereocenters. The van der Waals surface area contributed by atoms with E-state index >= 15 is 0 Å². The SMILES string of the molecule is Nc1ccc(Cc2cc3ccccc3s2)cc1C1CC(O)[C@H](O)C(CO)O1. The van der Waals surface area contributed by atoms with E-state index in [1.807, 2.05) is 30.3 Å². The Labute approximate surface area is 161 Å². The monoisotopic (exact) mass is 385 g/mol. The minimum absolute atomic E-state index is 0.244. The summed E-state index contributed by atoms with van der Waals surface area (Å²) in [6.45, 7) is -0.351. The number of hydrogen-bond acceptors (Lipinski definition) is 6. The molecule has 3 unspecified atom stereocenters. The number of nitrogens with two attached hydrogens (primary N) is 1. The molecule has 1 aliphatic rings. The zero-order chi connectivity index (χ0) is 19.0. The molecule has 27 heavy (non-hydrogen) atoms. The van der Waals surface area contributed by atoms with Gasteiger partial charge in [-0.2, -0.15) is 0 Å². The predicted octanol–water partition coefficient (Wildman–Crippen LogP) is 2.62. The van der Waals surface area contributed by atoms with Crippen molar-refractivity contribution >= 4 is 27.1 Å². The van der Waals surface area contributed by atoms with Gasteiger partial charge in [0.05, 0.1) is 18.8 Å². The van der Waals surface area contributed by atoms with Crippen molar-refractivity contribution in [2.24, 2.45) is 0 Å². The van der Waals surface area contributed by atoms with Gasteiger partial charge >= 0.3 is 0 Å². The van der Waals surface area contributed by atoms with E-state index in [1.165, 1.54) is 15.0 Å². The van der Waals surface area contributed by atoms with Gasteiger partial charge in [-0.05, 0) is 29.1 Å². The minimum Gasteiger partial charge on any atom is -0.398 e. The van der Waals surface area contributed by atoms with Gasteiger partial charge < -0.3 is 25.8 Å². The molecule has 2 heterocycles. The fourth-order valence-electron chi connectivity index (χ4n) is 3.64. The van der Waals surface area contributed by atoms with Crippen LogP contribution in [0.4, 0.5) is 5.69 Å². The lowest BCUT2D eigenvalue weighted by Gasteiger charge is -2.37. The number of hydrogen-bond donors (Lipinski definition) is 4. The Balaban J connectivity index is 1.59. The summed E-state index contributed by atoms with van der Waals surface area (Å²) in [5.74, 6) is 0. The second-order valence-electron chi connectivity index (χ2n) is 7.03. The van der Waals surface area contributed by atoms with Crippen LogP contribution in [0, 0.1) is 0 Å². The van der Waals surface area contributed by atoms with Crippen LogP contribution < -0.4 is 5.73 Å². The van der Waals surface area contributed by atoms with E-state index in [0.717, 1.165) is 17.5 Å². The van der Waals surface area contributed by atoms with Gasteiger partial charge in [0.2, 0.25) is 0 Å². The lowest BCUT2D eigenvalue weighted by Crippen LogP contribution is -2.47. The summed E-state index contributed by atoms with van der Waals surface area (Å²) in [5.41, 5.74) is 8.64. The summed E-state index contributed by atoms with van der Waals surface area (Å²) in [7, 11) is 0. The summed E-state index contributed by atoms with van der Waals surface area (Å²) < 4.78 is 7.07. The Bertz CT molecular complexity index is 908. The molecular weight excluding hydrogens is 362 g/mol. The Morgan fingerprint density at radius 3 is 2.70 bits per heavy atom. The lowest BCUT2D eigenvalue weighted by atomic mass is 9.92. The maximum Gasteiger partial charge on any atom is 0.110 e. The van der Waals surface area contributed by atoms with E-state index in [1.54, 1.807) is 11.3 Å². The standard InChI is InChI=1S/C21H23NO4S/c22-16-6-5-12(7-14-9-13-3-1-2-4-20(13)27-14)8-15(16)18-10-17(24)21(25)19(11-23)26-18/h1-6,8-9,17-19,21,23-25H,7,10-11,22H2/t17?,18?,19?,21-/m0/s1. The number of fused-ring (bicyclic) bond motifs is 1. The summed E-state index contributed by atoms with van der Waals surface area (Å²) in [6, 6.07) is 16.4. The second-order valence-corrected chi connectivity index (χ2v) is 8.20. The summed E-state index contributed by atoms with van der Waals surface area (Å²) in [6.07, 6.45) is -2.28. The number of aliphatic hydroxyl groups excluding tert-OH is 3. The molecule has 5 nitrogen and oxygen atoms in total. The van der Waals surface area contributed by atoms with Crippen molar-refractivity contribution in [3.8, 4) is 0 Å². The van der Waals surface area contributed by atoms with Crippen LogP contribution in [-0.4, -0.2) is 40.2 Å². The third-order valence-electron chi connectivity index (χ3n) is 5.10. The molecule has 1 aromatic heterocycles. The molecule has 0 radical (unpaired) electrons. The molecule has 5 N–H and O–H groups in total. The molecule has 1 saturated heterocycles. The van der Waals surface area contributed by atoms with Gasteiger partial charge in [-0.15, -0.1) is 11.3 Å². The third-order valence-corrected chi connectivity index (χ3v) is 6.22. The first-order valence-corrected chi connectivity index (χ1v) is 9.85. The van der Waals surface area contributed by atoms with Gasteiger partial charge in [-0.1, -0.05) is 30.3 Å². The van der Waals surface area contributed by atoms with Gasteiger partial charge in [0.1, 0.15) is 12.2 Å². The Kier molecular flexibility index (Phi) is 5.16. The van der Waals surface area contributed by atoms with E-state index in [4.69, 9.17) is 10.5 Å². The van der Waals surface area contributed by atoms with Crippen molar-refractivity contribution in [3.05, 3.63) is 64.5 Å². The number of nitrogen functional groups attached to an aromatic ring is 1. The molecule has 142 valence electrons. The number of anilines is 1. The highest BCUT2D eigenvalue weighted by Crippen LogP contribution is 2.36. The van der Waals surface area contributed by atoms with Crippen LogP contribution in [0.15, 0.2) is 48.5 Å². The molecule has 0 amide bonds. The number of thiophene rings is 1. The van der Waals surface area contributed by atoms with Crippen molar-refractivity contribution in [2.75, 3.05) is 12.3 Å². The van der Waals surface area contributed by atoms with E-state index in [9.17, 15) is 15.3 Å². The number of benzene rings is 2.